The molecule has 1 aromatic heterocycles. The van der Waals surface area contributed by atoms with Crippen LogP contribution in [0.4, 0.5) is 4.39 Å². The summed E-state index contributed by atoms with van der Waals surface area (Å²) in [5, 5.41) is 0. The zero-order chi connectivity index (χ0) is 18.5. The number of nitrogens with zero attached hydrogens (tertiary/aromatic N) is 2. The second-order valence-electron chi connectivity index (χ2n) is 6.24. The predicted octanol–water partition coefficient (Wildman–Crippen LogP) is 1.43. The molecule has 6 nitrogen and oxygen atoms in total. The van der Waals surface area contributed by atoms with E-state index in [-0.39, 0.29) is 23.2 Å². The first-order valence-corrected chi connectivity index (χ1v) is 8.53. The Kier molecular flexibility index (Phi) is 5.46. The topological polar surface area (TPSA) is 73.5 Å². The highest BCUT2D eigenvalue weighted by Gasteiger charge is 2.24. The number of halogens is 1. The highest BCUT2D eigenvalue weighted by Crippen LogP contribution is 2.11. The third-order valence-corrected chi connectivity index (χ3v) is 4.47. The minimum Gasteiger partial charge on any atom is -0.339 e. The zero-order valence-electron chi connectivity index (χ0n) is 14.3. The van der Waals surface area contributed by atoms with Gasteiger partial charge in [0, 0.05) is 44.9 Å². The molecule has 0 saturated carbocycles. The van der Waals surface area contributed by atoms with Crippen molar-refractivity contribution in [3.8, 4) is 0 Å². The van der Waals surface area contributed by atoms with E-state index in [9.17, 15) is 18.8 Å². The number of piperazine rings is 1. The molecule has 2 aromatic rings. The molecule has 3 rings (SSSR count). The van der Waals surface area contributed by atoms with Crippen molar-refractivity contribution in [1.82, 2.24) is 14.8 Å². The van der Waals surface area contributed by atoms with Crippen LogP contribution in [0, 0.1) is 5.82 Å². The number of aromatic nitrogens is 1. The Balaban J connectivity index is 1.49. The van der Waals surface area contributed by atoms with Crippen molar-refractivity contribution < 1.29 is 14.0 Å². The van der Waals surface area contributed by atoms with Crippen LogP contribution in [0.25, 0.3) is 0 Å². The highest BCUT2D eigenvalue weighted by molar-refractivity contribution is 5.94. The number of rotatable bonds is 4. The van der Waals surface area contributed by atoms with Crippen LogP contribution in [-0.2, 0) is 11.2 Å². The summed E-state index contributed by atoms with van der Waals surface area (Å²) in [7, 11) is 0. The summed E-state index contributed by atoms with van der Waals surface area (Å²) in [6, 6.07) is 9.07. The quantitative estimate of drug-likeness (QED) is 0.900. The molecule has 2 heterocycles. The number of amides is 2. The van der Waals surface area contributed by atoms with Crippen LogP contribution in [0.2, 0.25) is 0 Å². The van der Waals surface area contributed by atoms with Gasteiger partial charge in [-0.1, -0.05) is 12.1 Å². The third-order valence-electron chi connectivity index (χ3n) is 4.47. The number of H-pyrrole nitrogens is 1. The van der Waals surface area contributed by atoms with E-state index in [0.29, 0.717) is 44.6 Å². The third kappa shape index (κ3) is 4.36. The molecule has 7 heteroatoms. The number of aryl methyl sites for hydroxylation is 1. The molecule has 2 amide bonds. The number of benzene rings is 1. The highest BCUT2D eigenvalue weighted by atomic mass is 19.1. The van der Waals surface area contributed by atoms with Crippen molar-refractivity contribution in [2.24, 2.45) is 0 Å². The van der Waals surface area contributed by atoms with Gasteiger partial charge in [-0.15, -0.1) is 0 Å². The predicted molar refractivity (Wildman–Crippen MR) is 94.3 cm³/mol. The van der Waals surface area contributed by atoms with E-state index in [0.717, 1.165) is 5.56 Å². The van der Waals surface area contributed by atoms with Gasteiger partial charge in [0.1, 0.15) is 5.82 Å². The molecule has 0 aliphatic carbocycles. The SMILES string of the molecule is O=C(CCc1cccc(F)c1)N1CCN(C(=O)c2ccc(=O)[nH]c2)CC1. The average molecular weight is 357 g/mol. The summed E-state index contributed by atoms with van der Waals surface area (Å²) < 4.78 is 13.2. The van der Waals surface area contributed by atoms with E-state index in [1.165, 1.54) is 30.5 Å². The van der Waals surface area contributed by atoms with Crippen molar-refractivity contribution in [2.75, 3.05) is 26.2 Å². The molecule has 0 unspecified atom stereocenters. The van der Waals surface area contributed by atoms with Crippen molar-refractivity contribution >= 4 is 11.8 Å². The molecule has 0 atom stereocenters. The van der Waals surface area contributed by atoms with E-state index < -0.39 is 0 Å². The monoisotopic (exact) mass is 357 g/mol. The van der Waals surface area contributed by atoms with Gasteiger partial charge in [0.05, 0.1) is 5.56 Å². The second kappa shape index (κ2) is 7.95. The normalized spacial score (nSPS) is 14.3. The molecule has 1 aromatic carbocycles. The molecule has 0 bridgehead atoms. The lowest BCUT2D eigenvalue weighted by Crippen LogP contribution is -2.50. The van der Waals surface area contributed by atoms with Crippen LogP contribution >= 0.6 is 0 Å². The molecule has 136 valence electrons. The lowest BCUT2D eigenvalue weighted by atomic mass is 10.1. The number of carbonyl (C=O) groups is 2. The number of hydrogen-bond donors (Lipinski definition) is 1. The number of carbonyl (C=O) groups excluding carboxylic acids is 2. The van der Waals surface area contributed by atoms with Gasteiger partial charge in [-0.3, -0.25) is 14.4 Å². The smallest absolute Gasteiger partial charge is 0.255 e. The molecule has 0 radical (unpaired) electrons. The fourth-order valence-corrected chi connectivity index (χ4v) is 2.99. The number of pyridine rings is 1. The molecule has 0 spiro atoms. The lowest BCUT2D eigenvalue weighted by molar-refractivity contribution is -0.132. The number of nitrogens with one attached hydrogen (secondary N) is 1. The van der Waals surface area contributed by atoms with E-state index in [1.807, 2.05) is 0 Å². The minimum atomic E-state index is -0.302. The maximum Gasteiger partial charge on any atom is 0.255 e. The minimum absolute atomic E-state index is 0.00500. The first kappa shape index (κ1) is 17.8. The maximum atomic E-state index is 13.2. The molecule has 1 saturated heterocycles. The van der Waals surface area contributed by atoms with Gasteiger partial charge in [0.2, 0.25) is 11.5 Å². The Labute approximate surface area is 150 Å². The van der Waals surface area contributed by atoms with Crippen molar-refractivity contribution in [3.63, 3.8) is 0 Å². The molecule has 1 fully saturated rings. The summed E-state index contributed by atoms with van der Waals surface area (Å²) in [6.07, 6.45) is 2.21. The molecule has 1 aliphatic heterocycles. The average Bonchev–Trinajstić information content (AvgIpc) is 2.66. The summed E-state index contributed by atoms with van der Waals surface area (Å²) in [5.41, 5.74) is 0.968. The van der Waals surface area contributed by atoms with Gasteiger partial charge in [-0.05, 0) is 30.2 Å². The van der Waals surface area contributed by atoms with Gasteiger partial charge in [0.15, 0.2) is 0 Å². The van der Waals surface area contributed by atoms with Crippen LogP contribution in [0.5, 0.6) is 0 Å². The Morgan fingerprint density at radius 3 is 2.42 bits per heavy atom. The van der Waals surface area contributed by atoms with E-state index in [1.54, 1.807) is 21.9 Å². The van der Waals surface area contributed by atoms with Gasteiger partial charge < -0.3 is 14.8 Å². The Morgan fingerprint density at radius 1 is 1.04 bits per heavy atom. The fourth-order valence-electron chi connectivity index (χ4n) is 2.99. The molecule has 1 aliphatic rings. The Bertz CT molecular complexity index is 837. The van der Waals surface area contributed by atoms with Crippen molar-refractivity contribution in [3.05, 3.63) is 69.9 Å². The van der Waals surface area contributed by atoms with Crippen LogP contribution in [0.1, 0.15) is 22.3 Å². The van der Waals surface area contributed by atoms with Crippen molar-refractivity contribution in [1.29, 1.82) is 0 Å². The van der Waals surface area contributed by atoms with Crippen LogP contribution in [0.15, 0.2) is 47.4 Å². The van der Waals surface area contributed by atoms with E-state index >= 15 is 0 Å². The maximum absolute atomic E-state index is 13.2. The van der Waals surface area contributed by atoms with Crippen LogP contribution in [0.3, 0.4) is 0 Å². The first-order chi connectivity index (χ1) is 12.5. The molecule has 26 heavy (non-hydrogen) atoms. The fraction of sp³-hybridized carbons (Fsp3) is 0.316. The Morgan fingerprint density at radius 2 is 1.77 bits per heavy atom. The first-order valence-electron chi connectivity index (χ1n) is 8.53. The van der Waals surface area contributed by atoms with Gasteiger partial charge in [0.25, 0.3) is 5.91 Å². The number of hydrogen-bond acceptors (Lipinski definition) is 3. The van der Waals surface area contributed by atoms with Crippen LogP contribution in [-0.4, -0.2) is 52.8 Å². The summed E-state index contributed by atoms with van der Waals surface area (Å²) in [6.45, 7) is 1.83. The Hall–Kier alpha value is -2.96. The molecular weight excluding hydrogens is 337 g/mol. The van der Waals surface area contributed by atoms with Gasteiger partial charge >= 0.3 is 0 Å². The summed E-state index contributed by atoms with van der Waals surface area (Å²) in [4.78, 5) is 41.7. The molecule has 1 N–H and O–H groups in total. The summed E-state index contributed by atoms with van der Waals surface area (Å²) >= 11 is 0. The zero-order valence-corrected chi connectivity index (χ0v) is 14.3. The standard InChI is InChI=1S/C19H20FN3O3/c20-16-3-1-2-14(12-16)4-7-18(25)22-8-10-23(11-9-22)19(26)15-5-6-17(24)21-13-15/h1-3,5-6,12-13H,4,7-11H2,(H,21,24). The van der Waals surface area contributed by atoms with E-state index in [2.05, 4.69) is 4.98 Å². The number of aromatic amines is 1. The van der Waals surface area contributed by atoms with E-state index in [4.69, 9.17) is 0 Å². The van der Waals surface area contributed by atoms with Gasteiger partial charge in [-0.2, -0.15) is 0 Å². The lowest BCUT2D eigenvalue weighted by Gasteiger charge is -2.34. The van der Waals surface area contributed by atoms with Crippen LogP contribution < -0.4 is 5.56 Å². The van der Waals surface area contributed by atoms with Gasteiger partial charge in [-0.25, -0.2) is 4.39 Å². The molecular formula is C19H20FN3O3. The van der Waals surface area contributed by atoms with Crippen molar-refractivity contribution in [2.45, 2.75) is 12.8 Å². The summed E-state index contributed by atoms with van der Waals surface area (Å²) in [5.74, 6) is -0.456. The second-order valence-corrected chi connectivity index (χ2v) is 6.24. The largest absolute Gasteiger partial charge is 0.339 e.